The molecule has 1 aromatic rings. The Morgan fingerprint density at radius 3 is 2.29 bits per heavy atom. The lowest BCUT2D eigenvalue weighted by Gasteiger charge is -2.15. The van der Waals surface area contributed by atoms with Crippen LogP contribution >= 0.6 is 11.6 Å². The van der Waals surface area contributed by atoms with Crippen molar-refractivity contribution in [3.63, 3.8) is 0 Å². The monoisotopic (exact) mass is 474 g/mol. The van der Waals surface area contributed by atoms with Crippen molar-refractivity contribution in [1.82, 2.24) is 0 Å². The van der Waals surface area contributed by atoms with Crippen LogP contribution in [0.2, 0.25) is 0 Å². The molecule has 0 radical (unpaired) electrons. The number of unbranched alkanes of at least 4 members (excludes halogenated alkanes) is 7. The summed E-state index contributed by atoms with van der Waals surface area (Å²) in [6.45, 7) is 2.75. The van der Waals surface area contributed by atoms with Gasteiger partial charge in [0.1, 0.15) is 11.5 Å². The topological polar surface area (TPSA) is 61.8 Å². The van der Waals surface area contributed by atoms with Crippen LogP contribution in [-0.4, -0.2) is 36.8 Å². The van der Waals surface area contributed by atoms with Gasteiger partial charge in [0.15, 0.2) is 0 Å². The number of halogens is 1. The molecule has 0 aliphatic heterocycles. The highest BCUT2D eigenvalue weighted by Gasteiger charge is 2.14. The Labute approximate surface area is 195 Å². The van der Waals surface area contributed by atoms with Crippen LogP contribution in [0.15, 0.2) is 12.1 Å². The Kier molecular flexibility index (Phi) is 15.5. The van der Waals surface area contributed by atoms with Gasteiger partial charge >= 0.3 is 5.97 Å². The largest absolute Gasteiger partial charge is 0.496 e. The molecule has 1 rings (SSSR count). The molecule has 0 saturated heterocycles. The third-order valence-corrected chi connectivity index (χ3v) is 6.82. The lowest BCUT2D eigenvalue weighted by molar-refractivity contribution is -0.140. The van der Waals surface area contributed by atoms with Crippen molar-refractivity contribution in [2.24, 2.45) is 0 Å². The smallest absolute Gasteiger partial charge is 0.305 e. The van der Waals surface area contributed by atoms with E-state index in [9.17, 15) is 9.00 Å². The van der Waals surface area contributed by atoms with E-state index in [4.69, 9.17) is 21.1 Å². The van der Waals surface area contributed by atoms with Crippen LogP contribution in [0.25, 0.3) is 0 Å². The normalized spacial score (nSPS) is 11.9. The molecular weight excluding hydrogens is 436 g/mol. The quantitative estimate of drug-likeness (QED) is 0.145. The van der Waals surface area contributed by atoms with Crippen LogP contribution in [0.4, 0.5) is 0 Å². The van der Waals surface area contributed by atoms with E-state index in [0.717, 1.165) is 49.0 Å². The Bertz CT molecular complexity index is 666. The van der Waals surface area contributed by atoms with Gasteiger partial charge in [0.05, 0.1) is 32.5 Å². The zero-order valence-electron chi connectivity index (χ0n) is 19.4. The molecule has 7 heteroatoms. The first-order chi connectivity index (χ1) is 15.0. The lowest BCUT2D eigenvalue weighted by atomic mass is 10.1. The van der Waals surface area contributed by atoms with Crippen molar-refractivity contribution < 1.29 is 23.2 Å². The number of carbonyl (C=O) groups excluding carboxylic acids is 1. The van der Waals surface area contributed by atoms with Gasteiger partial charge in [-0.2, -0.15) is 0 Å². The number of carbonyl (C=O) groups is 1. The number of esters is 1. The average molecular weight is 475 g/mol. The number of rotatable bonds is 18. The fourth-order valence-electron chi connectivity index (χ4n) is 3.31. The van der Waals surface area contributed by atoms with E-state index < -0.39 is 10.8 Å². The lowest BCUT2D eigenvalue weighted by Crippen LogP contribution is -2.06. The molecule has 0 spiro atoms. The molecule has 5 nitrogen and oxygen atoms in total. The van der Waals surface area contributed by atoms with Crippen molar-refractivity contribution in [2.45, 2.75) is 82.8 Å². The number of hydrogen-bond acceptors (Lipinski definition) is 5. The van der Waals surface area contributed by atoms with Crippen LogP contribution in [-0.2, 0) is 32.0 Å². The van der Waals surface area contributed by atoms with Gasteiger partial charge in [-0.15, -0.1) is 11.6 Å². The minimum absolute atomic E-state index is 0.181. The zero-order valence-corrected chi connectivity index (χ0v) is 21.0. The maximum atomic E-state index is 12.6. The predicted molar refractivity (Wildman–Crippen MR) is 129 cm³/mol. The van der Waals surface area contributed by atoms with Crippen LogP contribution in [0.3, 0.4) is 0 Å². The second-order valence-corrected chi connectivity index (χ2v) is 9.54. The fraction of sp³-hybridized carbons (Fsp3) is 0.708. The van der Waals surface area contributed by atoms with Crippen molar-refractivity contribution in [3.8, 4) is 11.5 Å². The molecule has 0 aromatic heterocycles. The summed E-state index contributed by atoms with van der Waals surface area (Å²) >= 11 is 6.11. The van der Waals surface area contributed by atoms with Crippen molar-refractivity contribution in [1.29, 1.82) is 0 Å². The van der Waals surface area contributed by atoms with Gasteiger partial charge in [-0.05, 0) is 37.8 Å². The molecule has 1 unspecified atom stereocenters. The molecule has 31 heavy (non-hydrogen) atoms. The third kappa shape index (κ3) is 11.8. The van der Waals surface area contributed by atoms with Gasteiger partial charge in [-0.25, -0.2) is 0 Å². The molecule has 1 aromatic carbocycles. The minimum Gasteiger partial charge on any atom is -0.496 e. The molecule has 0 bridgehead atoms. The van der Waals surface area contributed by atoms with E-state index >= 15 is 0 Å². The molecule has 178 valence electrons. The van der Waals surface area contributed by atoms with E-state index in [-0.39, 0.29) is 5.97 Å². The second kappa shape index (κ2) is 17.3. The maximum Gasteiger partial charge on any atom is 0.305 e. The molecule has 0 saturated carbocycles. The molecule has 0 N–H and O–H groups in total. The maximum absolute atomic E-state index is 12.6. The first-order valence-corrected chi connectivity index (χ1v) is 13.4. The van der Waals surface area contributed by atoms with Crippen molar-refractivity contribution in [3.05, 3.63) is 23.3 Å². The number of hydrogen-bond donors (Lipinski definition) is 0. The van der Waals surface area contributed by atoms with E-state index in [0.29, 0.717) is 36.2 Å². The zero-order chi connectivity index (χ0) is 22.9. The predicted octanol–water partition coefficient (Wildman–Crippen LogP) is 6.16. The SMILES string of the molecule is CCCCCCCCS(=O)Cc1cc(OCCCCCC(=O)OC)c(CCl)cc1OC. The highest BCUT2D eigenvalue weighted by atomic mass is 35.5. The summed E-state index contributed by atoms with van der Waals surface area (Å²) in [6.07, 6.45) is 10.1. The van der Waals surface area contributed by atoms with Gasteiger partial charge < -0.3 is 14.2 Å². The Morgan fingerprint density at radius 1 is 0.935 bits per heavy atom. The molecule has 1 atom stereocenters. The summed E-state index contributed by atoms with van der Waals surface area (Å²) in [5.74, 6) is 2.72. The Morgan fingerprint density at radius 2 is 1.61 bits per heavy atom. The van der Waals surface area contributed by atoms with Crippen molar-refractivity contribution >= 4 is 28.4 Å². The Balaban J connectivity index is 2.57. The summed E-state index contributed by atoms with van der Waals surface area (Å²) in [5, 5.41) is 0. The van der Waals surface area contributed by atoms with Crippen LogP contribution in [0.5, 0.6) is 11.5 Å². The van der Waals surface area contributed by atoms with Gasteiger partial charge in [0, 0.05) is 34.1 Å². The van der Waals surface area contributed by atoms with Crippen LogP contribution in [0, 0.1) is 0 Å². The molecule has 0 amide bonds. The summed E-state index contributed by atoms with van der Waals surface area (Å²) in [7, 11) is 2.09. The summed E-state index contributed by atoms with van der Waals surface area (Å²) in [6, 6.07) is 3.81. The van der Waals surface area contributed by atoms with Crippen LogP contribution < -0.4 is 9.47 Å². The molecule has 0 heterocycles. The second-order valence-electron chi connectivity index (χ2n) is 7.70. The third-order valence-electron chi connectivity index (χ3n) is 5.16. The fourth-order valence-corrected chi connectivity index (χ4v) is 4.76. The number of ether oxygens (including phenoxy) is 3. The molecule has 0 aliphatic rings. The molecule has 0 aliphatic carbocycles. The number of benzene rings is 1. The minimum atomic E-state index is -0.935. The van der Waals surface area contributed by atoms with E-state index in [2.05, 4.69) is 11.7 Å². The summed E-state index contributed by atoms with van der Waals surface area (Å²) in [4.78, 5) is 11.2. The highest BCUT2D eigenvalue weighted by molar-refractivity contribution is 7.84. The Hall–Kier alpha value is -1.27. The first-order valence-electron chi connectivity index (χ1n) is 11.4. The van der Waals surface area contributed by atoms with Gasteiger partial charge in [-0.3, -0.25) is 9.00 Å². The standard InChI is InChI=1S/C24H39ClO5S/c1-4-5-6-7-8-12-15-31(27)19-21-17-23(20(18-25)16-22(21)28-2)30-14-11-9-10-13-24(26)29-3/h16-17H,4-15,18-19H2,1-3H3. The summed E-state index contributed by atoms with van der Waals surface area (Å²) < 4.78 is 28.7. The van der Waals surface area contributed by atoms with Gasteiger partial charge in [0.25, 0.3) is 0 Å². The summed E-state index contributed by atoms with van der Waals surface area (Å²) in [5.41, 5.74) is 1.75. The van der Waals surface area contributed by atoms with E-state index in [1.165, 1.54) is 32.8 Å². The molecule has 0 fully saturated rings. The van der Waals surface area contributed by atoms with E-state index in [1.54, 1.807) is 7.11 Å². The number of methoxy groups -OCH3 is 2. The highest BCUT2D eigenvalue weighted by Crippen LogP contribution is 2.31. The van der Waals surface area contributed by atoms with Crippen LogP contribution in [0.1, 0.15) is 82.3 Å². The van der Waals surface area contributed by atoms with Gasteiger partial charge in [-0.1, -0.05) is 39.0 Å². The average Bonchev–Trinajstić information content (AvgIpc) is 2.78. The number of alkyl halides is 1. The first kappa shape index (κ1) is 27.8. The molecular formula is C24H39ClO5S. The van der Waals surface area contributed by atoms with Gasteiger partial charge in [0.2, 0.25) is 0 Å². The van der Waals surface area contributed by atoms with Crippen molar-refractivity contribution in [2.75, 3.05) is 26.6 Å². The van der Waals surface area contributed by atoms with E-state index in [1.807, 2.05) is 12.1 Å².